The highest BCUT2D eigenvalue weighted by atomic mass is 16.6. The summed E-state index contributed by atoms with van der Waals surface area (Å²) in [5.74, 6) is -0.487. The third-order valence-corrected chi connectivity index (χ3v) is 5.88. The molecule has 8 nitrogen and oxygen atoms in total. The van der Waals surface area contributed by atoms with Crippen molar-refractivity contribution in [2.45, 2.75) is 51.4 Å². The van der Waals surface area contributed by atoms with Gasteiger partial charge in [-0.1, -0.05) is 30.3 Å². The largest absolute Gasteiger partial charge is 0.497 e. The average Bonchev–Trinajstić information content (AvgIpc) is 3.20. The molecule has 0 radical (unpaired) electrons. The fourth-order valence-corrected chi connectivity index (χ4v) is 4.32. The molecule has 184 valence electrons. The van der Waals surface area contributed by atoms with Crippen molar-refractivity contribution in [1.29, 1.82) is 0 Å². The van der Waals surface area contributed by atoms with Crippen LogP contribution in [-0.4, -0.2) is 47.0 Å². The molecule has 35 heavy (non-hydrogen) atoms. The second-order valence-electron chi connectivity index (χ2n) is 9.66. The molecule has 4 rings (SSSR count). The van der Waals surface area contributed by atoms with E-state index in [2.05, 4.69) is 5.32 Å². The van der Waals surface area contributed by atoms with E-state index in [-0.39, 0.29) is 6.42 Å². The van der Waals surface area contributed by atoms with Crippen molar-refractivity contribution < 1.29 is 28.9 Å². The number of nitrogens with one attached hydrogen (secondary N) is 1. The van der Waals surface area contributed by atoms with Gasteiger partial charge in [0, 0.05) is 35.5 Å². The zero-order chi connectivity index (χ0) is 25.2. The summed E-state index contributed by atoms with van der Waals surface area (Å²) in [5, 5.41) is 13.3. The Balaban J connectivity index is 1.63. The molecular weight excluding hydrogens is 448 g/mol. The summed E-state index contributed by atoms with van der Waals surface area (Å²) in [6.45, 7) is 5.28. The maximum atomic E-state index is 12.3. The van der Waals surface area contributed by atoms with E-state index in [4.69, 9.17) is 19.2 Å². The molecule has 0 saturated heterocycles. The molecule has 1 amide bonds. The molecule has 0 aliphatic heterocycles. The van der Waals surface area contributed by atoms with Crippen molar-refractivity contribution >= 4 is 23.0 Å². The first-order valence-corrected chi connectivity index (χ1v) is 11.6. The Bertz CT molecular complexity index is 1220. The molecule has 0 bridgehead atoms. The monoisotopic (exact) mass is 478 g/mol. The number of hydrogen-bond donors (Lipinski definition) is 2. The van der Waals surface area contributed by atoms with Crippen LogP contribution in [0.15, 0.2) is 54.6 Å². The number of pyridine rings is 1. The summed E-state index contributed by atoms with van der Waals surface area (Å²) in [5.41, 5.74) is 1.69. The number of aromatic nitrogens is 1. The number of methoxy groups -OCH3 is 1. The van der Waals surface area contributed by atoms with Crippen LogP contribution in [0.1, 0.15) is 33.6 Å². The normalized spacial score (nSPS) is 19.8. The molecule has 2 N–H and O–H groups in total. The molecule has 0 spiro atoms. The molecule has 1 saturated carbocycles. The Labute approximate surface area is 204 Å². The minimum Gasteiger partial charge on any atom is -0.497 e. The van der Waals surface area contributed by atoms with Crippen molar-refractivity contribution in [1.82, 2.24) is 10.3 Å². The molecule has 8 heteroatoms. The number of carbonyl (C=O) groups is 2. The van der Waals surface area contributed by atoms with Gasteiger partial charge in [0.2, 0.25) is 0 Å². The summed E-state index contributed by atoms with van der Waals surface area (Å²) < 4.78 is 17.1. The number of fused-ring (bicyclic) bond motifs is 1. The molecule has 1 aliphatic carbocycles. The van der Waals surface area contributed by atoms with Crippen LogP contribution in [0, 0.1) is 5.92 Å². The van der Waals surface area contributed by atoms with E-state index < -0.39 is 35.7 Å². The smallest absolute Gasteiger partial charge is 0.407 e. The molecule has 0 unspecified atom stereocenters. The van der Waals surface area contributed by atoms with Gasteiger partial charge in [-0.25, -0.2) is 9.78 Å². The number of alkyl carbamates (subject to hydrolysis) is 1. The predicted octanol–water partition coefficient (Wildman–Crippen LogP) is 5.05. The Morgan fingerprint density at radius 3 is 2.46 bits per heavy atom. The number of amides is 1. The lowest BCUT2D eigenvalue weighted by Crippen LogP contribution is -2.43. The highest BCUT2D eigenvalue weighted by Crippen LogP contribution is 2.36. The van der Waals surface area contributed by atoms with Crippen LogP contribution >= 0.6 is 0 Å². The van der Waals surface area contributed by atoms with Crippen molar-refractivity contribution in [2.75, 3.05) is 7.11 Å². The first-order valence-electron chi connectivity index (χ1n) is 11.6. The van der Waals surface area contributed by atoms with Gasteiger partial charge in [-0.05, 0) is 39.3 Å². The third kappa shape index (κ3) is 5.82. The number of carboxylic acids is 1. The number of carboxylic acid groups (broad SMARTS) is 1. The van der Waals surface area contributed by atoms with Crippen molar-refractivity contribution in [2.24, 2.45) is 5.92 Å². The van der Waals surface area contributed by atoms with E-state index in [1.807, 2.05) is 54.6 Å². The lowest BCUT2D eigenvalue weighted by atomic mass is 10.0. The first kappa shape index (κ1) is 24.3. The second-order valence-corrected chi connectivity index (χ2v) is 9.66. The van der Waals surface area contributed by atoms with Gasteiger partial charge in [-0.3, -0.25) is 4.79 Å². The molecule has 1 heterocycles. The van der Waals surface area contributed by atoms with Gasteiger partial charge in [-0.2, -0.15) is 0 Å². The van der Waals surface area contributed by atoms with Crippen LogP contribution in [0.3, 0.4) is 0 Å². The number of carbonyl (C=O) groups excluding carboxylic acids is 1. The van der Waals surface area contributed by atoms with E-state index in [0.29, 0.717) is 23.4 Å². The van der Waals surface area contributed by atoms with Crippen LogP contribution in [0.5, 0.6) is 11.5 Å². The van der Waals surface area contributed by atoms with Gasteiger partial charge in [-0.15, -0.1) is 0 Å². The fourth-order valence-electron chi connectivity index (χ4n) is 4.32. The number of ether oxygens (including phenoxy) is 3. The second kappa shape index (κ2) is 9.82. The zero-order valence-corrected chi connectivity index (χ0v) is 20.3. The quantitative estimate of drug-likeness (QED) is 0.511. The number of benzene rings is 2. The number of nitrogens with zero attached hydrogens (tertiary/aromatic N) is 1. The highest BCUT2D eigenvalue weighted by molar-refractivity contribution is 5.89. The SMILES string of the molecule is COc1ccc2c(O[C@H]3C[C@H](NC(=O)OC(C)(C)C)[C@H](C(=O)O)C3)cc(-c3ccccc3)nc2c1. The van der Waals surface area contributed by atoms with Crippen molar-refractivity contribution in [3.8, 4) is 22.8 Å². The van der Waals surface area contributed by atoms with Gasteiger partial charge in [0.15, 0.2) is 0 Å². The van der Waals surface area contributed by atoms with E-state index in [1.54, 1.807) is 27.9 Å². The van der Waals surface area contributed by atoms with Crippen LogP contribution in [0.4, 0.5) is 4.79 Å². The Morgan fingerprint density at radius 2 is 1.80 bits per heavy atom. The maximum absolute atomic E-state index is 12.3. The minimum absolute atomic E-state index is 0.260. The molecule has 2 aromatic carbocycles. The Morgan fingerprint density at radius 1 is 1.06 bits per heavy atom. The average molecular weight is 479 g/mol. The van der Waals surface area contributed by atoms with E-state index >= 15 is 0 Å². The van der Waals surface area contributed by atoms with E-state index in [9.17, 15) is 14.7 Å². The van der Waals surface area contributed by atoms with Gasteiger partial charge in [0.1, 0.15) is 23.2 Å². The molecule has 1 aromatic heterocycles. The molecule has 1 aliphatic rings. The molecule has 1 fully saturated rings. The molecular formula is C27H30N2O6. The summed E-state index contributed by atoms with van der Waals surface area (Å²) in [4.78, 5) is 29.0. The predicted molar refractivity (Wildman–Crippen MR) is 132 cm³/mol. The summed E-state index contributed by atoms with van der Waals surface area (Å²) in [7, 11) is 1.60. The lowest BCUT2D eigenvalue weighted by molar-refractivity contribution is -0.142. The molecule has 3 atom stereocenters. The highest BCUT2D eigenvalue weighted by Gasteiger charge is 2.41. The number of rotatable bonds is 6. The Kier molecular flexibility index (Phi) is 6.82. The number of aliphatic carboxylic acids is 1. The number of hydrogen-bond acceptors (Lipinski definition) is 6. The van der Waals surface area contributed by atoms with Gasteiger partial charge in [0.25, 0.3) is 0 Å². The van der Waals surface area contributed by atoms with Crippen LogP contribution < -0.4 is 14.8 Å². The zero-order valence-electron chi connectivity index (χ0n) is 20.3. The minimum atomic E-state index is -0.980. The lowest BCUT2D eigenvalue weighted by Gasteiger charge is -2.23. The standard InChI is InChI=1S/C27H30N2O6/c1-27(2,3)35-26(32)29-23-14-18(12-20(23)25(30)31)34-24-15-21(16-8-6-5-7-9-16)28-22-13-17(33-4)10-11-19(22)24/h5-11,13,15,18,20,23H,12,14H2,1-4H3,(H,29,32)(H,30,31)/t18-,20-,23+/m1/s1. The fraction of sp³-hybridized carbons (Fsp3) is 0.370. The molecule has 3 aromatic rings. The van der Waals surface area contributed by atoms with Crippen LogP contribution in [-0.2, 0) is 9.53 Å². The van der Waals surface area contributed by atoms with Gasteiger partial charge in [0.05, 0.1) is 24.2 Å². The van der Waals surface area contributed by atoms with E-state index in [1.165, 1.54) is 0 Å². The van der Waals surface area contributed by atoms with E-state index in [0.717, 1.165) is 16.6 Å². The van der Waals surface area contributed by atoms with Gasteiger partial charge >= 0.3 is 12.1 Å². The maximum Gasteiger partial charge on any atom is 0.407 e. The van der Waals surface area contributed by atoms with Crippen LogP contribution in [0.2, 0.25) is 0 Å². The van der Waals surface area contributed by atoms with Crippen LogP contribution in [0.25, 0.3) is 22.2 Å². The first-order chi connectivity index (χ1) is 16.6. The van der Waals surface area contributed by atoms with Gasteiger partial charge < -0.3 is 24.6 Å². The van der Waals surface area contributed by atoms with Crippen molar-refractivity contribution in [3.63, 3.8) is 0 Å². The topological polar surface area (TPSA) is 107 Å². The summed E-state index contributed by atoms with van der Waals surface area (Å²) in [6.07, 6.45) is -0.442. The summed E-state index contributed by atoms with van der Waals surface area (Å²) >= 11 is 0. The third-order valence-electron chi connectivity index (χ3n) is 5.88. The summed E-state index contributed by atoms with van der Waals surface area (Å²) in [6, 6.07) is 16.6. The Hall–Kier alpha value is -3.81. The van der Waals surface area contributed by atoms with Crippen molar-refractivity contribution in [3.05, 3.63) is 54.6 Å².